The molecule has 3 heterocycles. The van der Waals surface area contributed by atoms with E-state index in [2.05, 4.69) is 39.2 Å². The van der Waals surface area contributed by atoms with Crippen LogP contribution in [0.15, 0.2) is 95.1 Å². The summed E-state index contributed by atoms with van der Waals surface area (Å²) in [5.74, 6) is -0.235. The van der Waals surface area contributed by atoms with Crippen LogP contribution in [0.2, 0.25) is 0 Å². The van der Waals surface area contributed by atoms with E-state index in [0.717, 1.165) is 16.5 Å². The molecule has 0 radical (unpaired) electrons. The Morgan fingerprint density at radius 1 is 0.939 bits per heavy atom. The minimum absolute atomic E-state index is 0.0388. The number of carbonyl (C=O) groups excluding carboxylic acids is 2. The van der Waals surface area contributed by atoms with E-state index < -0.39 is 0 Å². The van der Waals surface area contributed by atoms with Crippen molar-refractivity contribution >= 4 is 39.7 Å². The van der Waals surface area contributed by atoms with Crippen molar-refractivity contribution in [1.82, 2.24) is 10.3 Å². The number of benzene rings is 2. The third-order valence-electron chi connectivity index (χ3n) is 5.50. The highest BCUT2D eigenvalue weighted by Gasteiger charge is 2.20. The molecule has 7 heteroatoms. The van der Waals surface area contributed by atoms with Crippen molar-refractivity contribution in [3.63, 3.8) is 0 Å². The number of aromatic amines is 1. The maximum absolute atomic E-state index is 12.9. The van der Waals surface area contributed by atoms with Crippen molar-refractivity contribution in [1.29, 1.82) is 0 Å². The number of furan rings is 1. The summed E-state index contributed by atoms with van der Waals surface area (Å²) in [6.45, 7) is 0.470. The molecule has 33 heavy (non-hydrogen) atoms. The van der Waals surface area contributed by atoms with Crippen molar-refractivity contribution in [3.05, 3.63) is 112 Å². The fourth-order valence-electron chi connectivity index (χ4n) is 3.84. The molecule has 3 aromatic heterocycles. The van der Waals surface area contributed by atoms with Gasteiger partial charge in [0.1, 0.15) is 0 Å². The number of aromatic nitrogens is 1. The van der Waals surface area contributed by atoms with Crippen LogP contribution >= 0.6 is 11.3 Å². The molecule has 1 atom stereocenters. The van der Waals surface area contributed by atoms with Gasteiger partial charge < -0.3 is 20.0 Å². The lowest BCUT2D eigenvalue weighted by Gasteiger charge is -2.16. The van der Waals surface area contributed by atoms with Gasteiger partial charge in [-0.25, -0.2) is 0 Å². The predicted molar refractivity (Wildman–Crippen MR) is 130 cm³/mol. The summed E-state index contributed by atoms with van der Waals surface area (Å²) in [4.78, 5) is 29.5. The Kier molecular flexibility index (Phi) is 5.78. The number of hydrogen-bond acceptors (Lipinski definition) is 4. The molecule has 6 nitrogen and oxygen atoms in total. The van der Waals surface area contributed by atoms with Gasteiger partial charge in [0.15, 0.2) is 5.76 Å². The lowest BCUT2D eigenvalue weighted by atomic mass is 9.96. The van der Waals surface area contributed by atoms with Gasteiger partial charge in [-0.1, -0.05) is 24.3 Å². The number of hydrogen-bond donors (Lipinski definition) is 3. The van der Waals surface area contributed by atoms with E-state index in [1.165, 1.54) is 11.1 Å². The van der Waals surface area contributed by atoms with E-state index in [0.29, 0.717) is 17.8 Å². The summed E-state index contributed by atoms with van der Waals surface area (Å²) >= 11 is 1.68. The normalized spacial score (nSPS) is 11.9. The van der Waals surface area contributed by atoms with E-state index in [9.17, 15) is 9.59 Å². The number of rotatable bonds is 7. The van der Waals surface area contributed by atoms with Crippen LogP contribution in [-0.2, 0) is 0 Å². The van der Waals surface area contributed by atoms with Gasteiger partial charge in [0.2, 0.25) is 0 Å². The fourth-order valence-corrected chi connectivity index (χ4v) is 4.68. The number of anilines is 1. The van der Waals surface area contributed by atoms with Gasteiger partial charge in [-0.15, -0.1) is 11.3 Å². The standard InChI is InChI=1S/C26H21N3O3S/c30-25(17-9-11-18(12-10-17)29-26(31)23-7-3-13-32-23)28-16-21(24-8-4-14-33-24)20-15-27-22-6-2-1-5-19(20)22/h1-15,21,27H,16H2,(H,28,30)(H,29,31). The van der Waals surface area contributed by atoms with Gasteiger partial charge in [-0.2, -0.15) is 0 Å². The zero-order valence-electron chi connectivity index (χ0n) is 17.6. The second-order valence-electron chi connectivity index (χ2n) is 7.58. The molecule has 0 spiro atoms. The first kappa shape index (κ1) is 20.8. The average Bonchev–Trinajstić information content (AvgIpc) is 3.62. The molecule has 5 aromatic rings. The molecule has 0 saturated carbocycles. The van der Waals surface area contributed by atoms with Gasteiger partial charge in [-0.05, 0) is 59.5 Å². The zero-order valence-corrected chi connectivity index (χ0v) is 18.4. The van der Waals surface area contributed by atoms with E-state index in [1.54, 1.807) is 47.7 Å². The van der Waals surface area contributed by atoms with Crippen LogP contribution in [0, 0.1) is 0 Å². The van der Waals surface area contributed by atoms with E-state index in [1.807, 2.05) is 24.4 Å². The van der Waals surface area contributed by atoms with E-state index in [4.69, 9.17) is 4.42 Å². The molecule has 0 fully saturated rings. The Bertz CT molecular complexity index is 1370. The quantitative estimate of drug-likeness (QED) is 0.297. The molecule has 2 amide bonds. The second-order valence-corrected chi connectivity index (χ2v) is 8.56. The maximum Gasteiger partial charge on any atom is 0.291 e. The molecule has 3 N–H and O–H groups in total. The maximum atomic E-state index is 12.9. The van der Waals surface area contributed by atoms with Crippen LogP contribution in [-0.4, -0.2) is 23.3 Å². The van der Waals surface area contributed by atoms with Crippen LogP contribution in [0.3, 0.4) is 0 Å². The highest BCUT2D eigenvalue weighted by Crippen LogP contribution is 2.32. The molecule has 0 aliphatic heterocycles. The molecule has 1 unspecified atom stereocenters. The van der Waals surface area contributed by atoms with Gasteiger partial charge in [-0.3, -0.25) is 9.59 Å². The summed E-state index contributed by atoms with van der Waals surface area (Å²) in [5.41, 5.74) is 3.34. The number of H-pyrrole nitrogens is 1. The highest BCUT2D eigenvalue weighted by atomic mass is 32.1. The fraction of sp³-hybridized carbons (Fsp3) is 0.0769. The van der Waals surface area contributed by atoms with Crippen molar-refractivity contribution in [2.75, 3.05) is 11.9 Å². The van der Waals surface area contributed by atoms with E-state index in [-0.39, 0.29) is 23.5 Å². The average molecular weight is 456 g/mol. The van der Waals surface area contributed by atoms with Gasteiger partial charge in [0, 0.05) is 45.7 Å². The lowest BCUT2D eigenvalue weighted by molar-refractivity contribution is 0.0951. The first-order valence-electron chi connectivity index (χ1n) is 10.5. The molecule has 0 saturated heterocycles. The molecule has 0 aliphatic carbocycles. The van der Waals surface area contributed by atoms with Crippen LogP contribution < -0.4 is 10.6 Å². The number of nitrogens with one attached hydrogen (secondary N) is 3. The van der Waals surface area contributed by atoms with Crippen molar-refractivity contribution in [2.24, 2.45) is 0 Å². The third-order valence-corrected chi connectivity index (χ3v) is 6.49. The Hall–Kier alpha value is -4.10. The largest absolute Gasteiger partial charge is 0.459 e. The molecule has 0 bridgehead atoms. The van der Waals surface area contributed by atoms with Crippen molar-refractivity contribution in [3.8, 4) is 0 Å². The van der Waals surface area contributed by atoms with Crippen LogP contribution in [0.1, 0.15) is 37.3 Å². The Balaban J connectivity index is 1.29. The summed E-state index contributed by atoms with van der Waals surface area (Å²) in [6.07, 6.45) is 3.47. The Morgan fingerprint density at radius 2 is 1.79 bits per heavy atom. The summed E-state index contributed by atoms with van der Waals surface area (Å²) in [6, 6.07) is 22.3. The summed E-state index contributed by atoms with van der Waals surface area (Å²) < 4.78 is 5.09. The minimum Gasteiger partial charge on any atom is -0.459 e. The molecule has 5 rings (SSSR count). The summed E-state index contributed by atoms with van der Waals surface area (Å²) in [7, 11) is 0. The molecule has 2 aromatic carbocycles. The monoisotopic (exact) mass is 455 g/mol. The van der Waals surface area contributed by atoms with Crippen LogP contribution in [0.4, 0.5) is 5.69 Å². The third kappa shape index (κ3) is 4.44. The topological polar surface area (TPSA) is 87.1 Å². The first-order valence-corrected chi connectivity index (χ1v) is 11.4. The number of para-hydroxylation sites is 1. The SMILES string of the molecule is O=C(NCC(c1cccs1)c1c[nH]c2ccccc12)c1ccc(NC(=O)c2ccco2)cc1. The van der Waals surface area contributed by atoms with Crippen LogP contribution in [0.25, 0.3) is 10.9 Å². The lowest BCUT2D eigenvalue weighted by Crippen LogP contribution is -2.28. The minimum atomic E-state index is -0.338. The number of thiophene rings is 1. The molecule has 164 valence electrons. The van der Waals surface area contributed by atoms with E-state index >= 15 is 0 Å². The number of carbonyl (C=O) groups is 2. The Labute approximate surface area is 194 Å². The molecular weight excluding hydrogens is 434 g/mol. The summed E-state index contributed by atoms with van der Waals surface area (Å²) in [5, 5.41) is 9.03. The van der Waals surface area contributed by atoms with Crippen LogP contribution in [0.5, 0.6) is 0 Å². The van der Waals surface area contributed by atoms with Gasteiger partial charge >= 0.3 is 0 Å². The van der Waals surface area contributed by atoms with Gasteiger partial charge in [0.05, 0.1) is 6.26 Å². The number of fused-ring (bicyclic) bond motifs is 1. The predicted octanol–water partition coefficient (Wildman–Crippen LogP) is 5.64. The smallest absolute Gasteiger partial charge is 0.291 e. The second kappa shape index (κ2) is 9.18. The molecule has 0 aliphatic rings. The first-order chi connectivity index (χ1) is 16.2. The zero-order chi connectivity index (χ0) is 22.6. The van der Waals surface area contributed by atoms with Crippen molar-refractivity contribution < 1.29 is 14.0 Å². The Morgan fingerprint density at radius 3 is 2.55 bits per heavy atom. The molecular formula is C26H21N3O3S. The highest BCUT2D eigenvalue weighted by molar-refractivity contribution is 7.10. The van der Waals surface area contributed by atoms with Gasteiger partial charge in [0.25, 0.3) is 11.8 Å². The number of amides is 2. The van der Waals surface area contributed by atoms with Crippen molar-refractivity contribution in [2.45, 2.75) is 5.92 Å².